The molecule has 16 heavy (non-hydrogen) atoms. The van der Waals surface area contributed by atoms with Gasteiger partial charge in [-0.05, 0) is 36.7 Å². The Labute approximate surface area is 106 Å². The van der Waals surface area contributed by atoms with Gasteiger partial charge in [0.2, 0.25) is 0 Å². The highest BCUT2D eigenvalue weighted by Crippen LogP contribution is 2.29. The van der Waals surface area contributed by atoms with E-state index in [1.807, 2.05) is 6.07 Å². The van der Waals surface area contributed by atoms with Crippen molar-refractivity contribution in [2.24, 2.45) is 5.73 Å². The van der Waals surface area contributed by atoms with Crippen LogP contribution in [0, 0.1) is 0 Å². The van der Waals surface area contributed by atoms with E-state index in [1.54, 1.807) is 11.8 Å². The maximum absolute atomic E-state index is 5.59. The average molecular weight is 299 g/mol. The van der Waals surface area contributed by atoms with Gasteiger partial charge < -0.3 is 5.73 Å². The topological polar surface area (TPSA) is 67.6 Å². The number of hydrogen-bond donors (Lipinski definition) is 2. The summed E-state index contributed by atoms with van der Waals surface area (Å²) in [5, 5.41) is 7.44. The van der Waals surface area contributed by atoms with Crippen LogP contribution in [0.5, 0.6) is 0 Å². The van der Waals surface area contributed by atoms with Gasteiger partial charge >= 0.3 is 0 Å². The molecule has 2 rings (SSSR count). The lowest BCUT2D eigenvalue weighted by atomic mass is 10.1. The molecule has 4 nitrogen and oxygen atoms in total. The van der Waals surface area contributed by atoms with E-state index in [9.17, 15) is 0 Å². The summed E-state index contributed by atoms with van der Waals surface area (Å²) in [6.07, 6.45) is 2.36. The molecule has 0 spiro atoms. The number of rotatable bonds is 4. The fraction of sp³-hybridized carbons (Fsp3) is 0.200. The largest absolute Gasteiger partial charge is 0.330 e. The van der Waals surface area contributed by atoms with Crippen molar-refractivity contribution in [2.45, 2.75) is 16.5 Å². The van der Waals surface area contributed by atoms with E-state index in [2.05, 4.69) is 43.2 Å². The fourth-order valence-electron chi connectivity index (χ4n) is 1.35. The maximum atomic E-state index is 5.59. The second kappa shape index (κ2) is 5.47. The molecule has 3 N–H and O–H groups in total. The summed E-state index contributed by atoms with van der Waals surface area (Å²) < 4.78 is 1.07. The monoisotopic (exact) mass is 298 g/mol. The Kier molecular flexibility index (Phi) is 3.98. The number of nitrogens with zero attached hydrogens (tertiary/aromatic N) is 2. The minimum Gasteiger partial charge on any atom is -0.330 e. The molecule has 0 saturated heterocycles. The normalized spacial score (nSPS) is 10.6. The first-order valence-electron chi connectivity index (χ1n) is 4.81. The average Bonchev–Trinajstić information content (AvgIpc) is 2.75. The predicted octanol–water partition coefficient (Wildman–Crippen LogP) is 2.22. The highest BCUT2D eigenvalue weighted by atomic mass is 79.9. The molecule has 1 heterocycles. The van der Waals surface area contributed by atoms with Crippen molar-refractivity contribution in [3.63, 3.8) is 0 Å². The van der Waals surface area contributed by atoms with Gasteiger partial charge in [0.15, 0.2) is 5.16 Å². The Bertz CT molecular complexity index is 458. The molecule has 0 radical (unpaired) electrons. The number of H-pyrrole nitrogens is 1. The maximum Gasteiger partial charge on any atom is 0.188 e. The fourth-order valence-corrected chi connectivity index (χ4v) is 2.59. The molecule has 1 aromatic heterocycles. The highest BCUT2D eigenvalue weighted by molar-refractivity contribution is 9.10. The van der Waals surface area contributed by atoms with Crippen LogP contribution in [0.3, 0.4) is 0 Å². The smallest absolute Gasteiger partial charge is 0.188 e. The van der Waals surface area contributed by atoms with E-state index in [-0.39, 0.29) is 0 Å². The third-order valence-electron chi connectivity index (χ3n) is 2.04. The predicted molar refractivity (Wildman–Crippen MR) is 67.4 cm³/mol. The molecular formula is C10H11BrN4S. The molecule has 0 fully saturated rings. The van der Waals surface area contributed by atoms with Crippen molar-refractivity contribution in [3.8, 4) is 0 Å². The van der Waals surface area contributed by atoms with Crippen LogP contribution in [-0.4, -0.2) is 21.7 Å². The minimum atomic E-state index is 0.639. The van der Waals surface area contributed by atoms with Crippen LogP contribution in [0.25, 0.3) is 0 Å². The van der Waals surface area contributed by atoms with E-state index in [1.165, 1.54) is 11.9 Å². The molecule has 0 unspecified atom stereocenters. The van der Waals surface area contributed by atoms with Gasteiger partial charge in [-0.2, -0.15) is 5.10 Å². The zero-order valence-electron chi connectivity index (χ0n) is 8.48. The van der Waals surface area contributed by atoms with Crippen LogP contribution in [-0.2, 0) is 6.42 Å². The third kappa shape index (κ3) is 2.84. The molecule has 84 valence electrons. The van der Waals surface area contributed by atoms with Gasteiger partial charge in [0.25, 0.3) is 0 Å². The molecule has 0 aliphatic carbocycles. The van der Waals surface area contributed by atoms with Gasteiger partial charge in [0.1, 0.15) is 6.33 Å². The van der Waals surface area contributed by atoms with Gasteiger partial charge in [0, 0.05) is 9.37 Å². The van der Waals surface area contributed by atoms with Gasteiger partial charge in [-0.3, -0.25) is 5.10 Å². The number of aromatic amines is 1. The number of hydrogen-bond acceptors (Lipinski definition) is 4. The van der Waals surface area contributed by atoms with Crippen molar-refractivity contribution in [1.29, 1.82) is 0 Å². The molecular weight excluding hydrogens is 288 g/mol. The van der Waals surface area contributed by atoms with Crippen LogP contribution >= 0.6 is 27.7 Å². The first kappa shape index (κ1) is 11.6. The molecule has 6 heteroatoms. The van der Waals surface area contributed by atoms with E-state index in [0.29, 0.717) is 6.54 Å². The summed E-state index contributed by atoms with van der Waals surface area (Å²) in [6.45, 7) is 0.639. The molecule has 0 amide bonds. The Balaban J connectivity index is 2.25. The van der Waals surface area contributed by atoms with Gasteiger partial charge in [-0.1, -0.05) is 27.7 Å². The van der Waals surface area contributed by atoms with E-state index < -0.39 is 0 Å². The second-order valence-corrected chi connectivity index (χ2v) is 5.13. The molecule has 0 atom stereocenters. The number of nitrogens with two attached hydrogens (primary N) is 1. The minimum absolute atomic E-state index is 0.639. The van der Waals surface area contributed by atoms with E-state index in [0.717, 1.165) is 20.9 Å². The van der Waals surface area contributed by atoms with Crippen molar-refractivity contribution >= 4 is 27.7 Å². The first-order valence-corrected chi connectivity index (χ1v) is 6.42. The summed E-state index contributed by atoms with van der Waals surface area (Å²) in [5.41, 5.74) is 6.81. The Hall–Kier alpha value is -0.850. The quantitative estimate of drug-likeness (QED) is 0.908. The van der Waals surface area contributed by atoms with Gasteiger partial charge in [0.05, 0.1) is 0 Å². The Morgan fingerprint density at radius 3 is 3.00 bits per heavy atom. The van der Waals surface area contributed by atoms with Crippen molar-refractivity contribution in [1.82, 2.24) is 15.2 Å². The lowest BCUT2D eigenvalue weighted by Gasteiger charge is -2.07. The second-order valence-electron chi connectivity index (χ2n) is 3.18. The SMILES string of the molecule is NCCc1cc(Br)ccc1Sc1ncn[nH]1. The van der Waals surface area contributed by atoms with Gasteiger partial charge in [-0.15, -0.1) is 0 Å². The molecule has 0 aliphatic heterocycles. The summed E-state index contributed by atoms with van der Waals surface area (Å²) in [6, 6.07) is 6.16. The van der Waals surface area contributed by atoms with Crippen LogP contribution in [0.15, 0.2) is 39.1 Å². The number of nitrogens with one attached hydrogen (secondary N) is 1. The summed E-state index contributed by atoms with van der Waals surface area (Å²) in [4.78, 5) is 5.25. The zero-order chi connectivity index (χ0) is 11.4. The standard InChI is InChI=1S/C10H11BrN4S/c11-8-1-2-9(7(5-8)3-4-12)16-10-13-6-14-15-10/h1-2,5-6H,3-4,12H2,(H,13,14,15). The molecule has 1 aromatic carbocycles. The van der Waals surface area contributed by atoms with Crippen molar-refractivity contribution in [3.05, 3.63) is 34.6 Å². The van der Waals surface area contributed by atoms with Crippen LogP contribution < -0.4 is 5.73 Å². The molecule has 0 saturated carbocycles. The highest BCUT2D eigenvalue weighted by Gasteiger charge is 2.06. The first-order chi connectivity index (χ1) is 7.79. The zero-order valence-corrected chi connectivity index (χ0v) is 10.9. The molecule has 0 aliphatic rings. The summed E-state index contributed by atoms with van der Waals surface area (Å²) >= 11 is 5.02. The molecule has 2 aromatic rings. The Morgan fingerprint density at radius 2 is 2.31 bits per heavy atom. The van der Waals surface area contributed by atoms with Gasteiger partial charge in [-0.25, -0.2) is 4.98 Å². The third-order valence-corrected chi connectivity index (χ3v) is 3.54. The number of benzene rings is 1. The van der Waals surface area contributed by atoms with E-state index in [4.69, 9.17) is 5.73 Å². The summed E-state index contributed by atoms with van der Waals surface area (Å²) in [5.74, 6) is 0. The van der Waals surface area contributed by atoms with E-state index >= 15 is 0 Å². The van der Waals surface area contributed by atoms with Crippen molar-refractivity contribution < 1.29 is 0 Å². The molecule has 0 bridgehead atoms. The number of aromatic nitrogens is 3. The summed E-state index contributed by atoms with van der Waals surface area (Å²) in [7, 11) is 0. The van der Waals surface area contributed by atoms with Crippen LogP contribution in [0.1, 0.15) is 5.56 Å². The number of halogens is 1. The lowest BCUT2D eigenvalue weighted by molar-refractivity contribution is 0.936. The van der Waals surface area contributed by atoms with Crippen LogP contribution in [0.2, 0.25) is 0 Å². The van der Waals surface area contributed by atoms with Crippen LogP contribution in [0.4, 0.5) is 0 Å². The van der Waals surface area contributed by atoms with Crippen molar-refractivity contribution in [2.75, 3.05) is 6.54 Å². The Morgan fingerprint density at radius 1 is 1.44 bits per heavy atom. The lowest BCUT2D eigenvalue weighted by Crippen LogP contribution is -2.03.